The van der Waals surface area contributed by atoms with Crippen molar-refractivity contribution in [1.82, 2.24) is 9.62 Å². The molecule has 0 bridgehead atoms. The van der Waals surface area contributed by atoms with Crippen molar-refractivity contribution in [2.45, 2.75) is 6.04 Å². The number of hydrogen-bond acceptors (Lipinski definition) is 4. The van der Waals surface area contributed by atoms with Crippen LogP contribution in [0.5, 0.6) is 0 Å². The highest BCUT2D eigenvalue weighted by molar-refractivity contribution is 7.88. The molecule has 1 atom stereocenters. The Hall–Kier alpha value is -2.38. The standard InChI is InChI=1S/C19H25N3O3S/c1-21(17-12-8-5-9-13-17)15-14-20-19(23)18(22(2)26(3,24)25)16-10-6-4-7-11-16/h4-13,18H,14-15H2,1-3H3,(H,20,23). The molecular weight excluding hydrogens is 350 g/mol. The molecule has 7 heteroatoms. The molecule has 0 aromatic heterocycles. The summed E-state index contributed by atoms with van der Waals surface area (Å²) >= 11 is 0. The molecule has 0 saturated heterocycles. The van der Waals surface area contributed by atoms with Gasteiger partial charge in [-0.05, 0) is 17.7 Å². The number of likely N-dealkylation sites (N-methyl/N-ethyl adjacent to an activating group) is 2. The fraction of sp³-hybridized carbons (Fsp3) is 0.316. The lowest BCUT2D eigenvalue weighted by molar-refractivity contribution is -0.124. The zero-order valence-electron chi connectivity index (χ0n) is 15.3. The lowest BCUT2D eigenvalue weighted by Crippen LogP contribution is -2.43. The number of hydrogen-bond donors (Lipinski definition) is 1. The number of para-hydroxylation sites is 1. The number of rotatable bonds is 8. The summed E-state index contributed by atoms with van der Waals surface area (Å²) in [6.07, 6.45) is 1.10. The molecule has 2 aromatic rings. The molecular formula is C19H25N3O3S. The smallest absolute Gasteiger partial charge is 0.243 e. The van der Waals surface area contributed by atoms with Gasteiger partial charge in [0.1, 0.15) is 6.04 Å². The van der Waals surface area contributed by atoms with Gasteiger partial charge < -0.3 is 10.2 Å². The van der Waals surface area contributed by atoms with Gasteiger partial charge in [0.15, 0.2) is 0 Å². The zero-order chi connectivity index (χ0) is 19.2. The van der Waals surface area contributed by atoms with Crippen LogP contribution in [0.2, 0.25) is 0 Å². The molecule has 1 N–H and O–H groups in total. The van der Waals surface area contributed by atoms with Gasteiger partial charge in [-0.25, -0.2) is 8.42 Å². The third kappa shape index (κ3) is 5.31. The Morgan fingerprint density at radius 2 is 1.54 bits per heavy atom. The van der Waals surface area contributed by atoms with Crippen LogP contribution in [0.3, 0.4) is 0 Å². The number of carbonyl (C=O) groups is 1. The predicted octanol–water partition coefficient (Wildman–Crippen LogP) is 1.87. The fourth-order valence-electron chi connectivity index (χ4n) is 2.61. The van der Waals surface area contributed by atoms with Gasteiger partial charge in [0, 0.05) is 32.9 Å². The Morgan fingerprint density at radius 3 is 2.08 bits per heavy atom. The Labute approximate surface area is 155 Å². The topological polar surface area (TPSA) is 69.7 Å². The van der Waals surface area contributed by atoms with E-state index in [1.54, 1.807) is 24.3 Å². The van der Waals surface area contributed by atoms with E-state index in [0.717, 1.165) is 16.2 Å². The molecule has 140 valence electrons. The number of amides is 1. The van der Waals surface area contributed by atoms with Crippen LogP contribution >= 0.6 is 0 Å². The highest BCUT2D eigenvalue weighted by Gasteiger charge is 2.30. The summed E-state index contributed by atoms with van der Waals surface area (Å²) in [7, 11) is -0.155. The average molecular weight is 375 g/mol. The number of nitrogens with zero attached hydrogens (tertiary/aromatic N) is 2. The minimum absolute atomic E-state index is 0.342. The van der Waals surface area contributed by atoms with Crippen LogP contribution in [0.4, 0.5) is 5.69 Å². The van der Waals surface area contributed by atoms with E-state index in [9.17, 15) is 13.2 Å². The van der Waals surface area contributed by atoms with Crippen molar-refractivity contribution in [3.63, 3.8) is 0 Å². The molecule has 0 aliphatic heterocycles. The monoisotopic (exact) mass is 375 g/mol. The van der Waals surface area contributed by atoms with Gasteiger partial charge in [0.25, 0.3) is 0 Å². The Balaban J connectivity index is 2.05. The van der Waals surface area contributed by atoms with E-state index < -0.39 is 16.1 Å². The van der Waals surface area contributed by atoms with Crippen molar-refractivity contribution in [2.24, 2.45) is 0 Å². The summed E-state index contributed by atoms with van der Waals surface area (Å²) < 4.78 is 25.0. The van der Waals surface area contributed by atoms with Gasteiger partial charge in [0.2, 0.25) is 15.9 Å². The largest absolute Gasteiger partial charge is 0.373 e. The van der Waals surface area contributed by atoms with E-state index in [-0.39, 0.29) is 5.91 Å². The van der Waals surface area contributed by atoms with E-state index in [4.69, 9.17) is 0 Å². The van der Waals surface area contributed by atoms with E-state index in [1.165, 1.54) is 7.05 Å². The second-order valence-electron chi connectivity index (χ2n) is 6.14. The van der Waals surface area contributed by atoms with Gasteiger partial charge in [0.05, 0.1) is 6.26 Å². The lowest BCUT2D eigenvalue weighted by atomic mass is 10.1. The van der Waals surface area contributed by atoms with Gasteiger partial charge in [-0.1, -0.05) is 48.5 Å². The molecule has 2 rings (SSSR count). The Bertz CT molecular complexity index is 810. The van der Waals surface area contributed by atoms with Crippen LogP contribution < -0.4 is 10.2 Å². The quantitative estimate of drug-likeness (QED) is 0.765. The summed E-state index contributed by atoms with van der Waals surface area (Å²) in [4.78, 5) is 14.7. The molecule has 2 aromatic carbocycles. The molecule has 0 aliphatic carbocycles. The van der Waals surface area contributed by atoms with Gasteiger partial charge in [-0.2, -0.15) is 4.31 Å². The molecule has 0 saturated carbocycles. The van der Waals surface area contributed by atoms with E-state index in [2.05, 4.69) is 5.32 Å². The van der Waals surface area contributed by atoms with E-state index in [1.807, 2.05) is 48.3 Å². The van der Waals surface area contributed by atoms with Gasteiger partial charge >= 0.3 is 0 Å². The first-order valence-corrected chi connectivity index (χ1v) is 10.2. The molecule has 1 amide bonds. The fourth-order valence-corrected chi connectivity index (χ4v) is 3.21. The number of anilines is 1. The molecule has 0 heterocycles. The van der Waals surface area contributed by atoms with Crippen molar-refractivity contribution < 1.29 is 13.2 Å². The number of carbonyl (C=O) groups excluding carboxylic acids is 1. The first-order chi connectivity index (χ1) is 12.3. The molecule has 26 heavy (non-hydrogen) atoms. The summed E-state index contributed by atoms with van der Waals surface area (Å²) in [5.74, 6) is -0.342. The molecule has 6 nitrogen and oxygen atoms in total. The van der Waals surface area contributed by atoms with Crippen LogP contribution in [0.15, 0.2) is 60.7 Å². The molecule has 0 spiro atoms. The minimum Gasteiger partial charge on any atom is -0.373 e. The SMILES string of the molecule is CN(CCNC(=O)C(c1ccccc1)N(C)S(C)(=O)=O)c1ccccc1. The van der Waals surface area contributed by atoms with Crippen molar-refractivity contribution in [3.8, 4) is 0 Å². The maximum atomic E-state index is 12.7. The van der Waals surface area contributed by atoms with Gasteiger partial charge in [-0.3, -0.25) is 4.79 Å². The van der Waals surface area contributed by atoms with E-state index >= 15 is 0 Å². The van der Waals surface area contributed by atoms with E-state index in [0.29, 0.717) is 18.7 Å². The van der Waals surface area contributed by atoms with Crippen molar-refractivity contribution in [1.29, 1.82) is 0 Å². The third-order valence-corrected chi connectivity index (χ3v) is 5.45. The second kappa shape index (κ2) is 8.82. The summed E-state index contributed by atoms with van der Waals surface area (Å²) in [6, 6.07) is 17.9. The number of benzene rings is 2. The zero-order valence-corrected chi connectivity index (χ0v) is 16.1. The lowest BCUT2D eigenvalue weighted by Gasteiger charge is -2.26. The Kier molecular flexibility index (Phi) is 6.76. The van der Waals surface area contributed by atoms with Crippen LogP contribution in [0.1, 0.15) is 11.6 Å². The highest BCUT2D eigenvalue weighted by Crippen LogP contribution is 2.21. The Morgan fingerprint density at radius 1 is 1.00 bits per heavy atom. The summed E-state index contributed by atoms with van der Waals surface area (Å²) in [6.45, 7) is 1.02. The van der Waals surface area contributed by atoms with Crippen molar-refractivity contribution in [2.75, 3.05) is 38.3 Å². The third-order valence-electron chi connectivity index (χ3n) is 4.19. The molecule has 0 fully saturated rings. The minimum atomic E-state index is -3.52. The predicted molar refractivity (Wildman–Crippen MR) is 105 cm³/mol. The average Bonchev–Trinajstić information content (AvgIpc) is 2.62. The first-order valence-electron chi connectivity index (χ1n) is 8.32. The normalized spacial score (nSPS) is 12.6. The summed E-state index contributed by atoms with van der Waals surface area (Å²) in [5.41, 5.74) is 1.68. The molecule has 0 radical (unpaired) electrons. The van der Waals surface area contributed by atoms with Crippen LogP contribution in [0.25, 0.3) is 0 Å². The number of sulfonamides is 1. The number of nitrogens with one attached hydrogen (secondary N) is 1. The van der Waals surface area contributed by atoms with Crippen LogP contribution in [-0.2, 0) is 14.8 Å². The maximum Gasteiger partial charge on any atom is 0.243 e. The molecule has 1 unspecified atom stereocenters. The molecule has 0 aliphatic rings. The van der Waals surface area contributed by atoms with Crippen LogP contribution in [-0.4, -0.2) is 52.1 Å². The maximum absolute atomic E-state index is 12.7. The van der Waals surface area contributed by atoms with Crippen LogP contribution in [0, 0.1) is 0 Å². The summed E-state index contributed by atoms with van der Waals surface area (Å²) in [5, 5.41) is 2.85. The van der Waals surface area contributed by atoms with Gasteiger partial charge in [-0.15, -0.1) is 0 Å². The highest BCUT2D eigenvalue weighted by atomic mass is 32.2. The second-order valence-corrected chi connectivity index (χ2v) is 8.18. The van der Waals surface area contributed by atoms with Crippen molar-refractivity contribution in [3.05, 3.63) is 66.2 Å². The first kappa shape index (κ1) is 19.9. The van der Waals surface area contributed by atoms with Crippen molar-refractivity contribution >= 4 is 21.6 Å².